The Hall–Kier alpha value is -3.16. The van der Waals surface area contributed by atoms with Gasteiger partial charge in [-0.15, -0.1) is 0 Å². The van der Waals surface area contributed by atoms with Gasteiger partial charge in [-0.1, -0.05) is 0 Å². The number of nitrogens with zero attached hydrogens (tertiary/aromatic N) is 2. The molecule has 0 fully saturated rings. The first-order chi connectivity index (χ1) is 12.4. The predicted molar refractivity (Wildman–Crippen MR) is 84.9 cm³/mol. The van der Waals surface area contributed by atoms with Crippen LogP contribution in [0, 0.1) is 23.3 Å². The third kappa shape index (κ3) is 2.63. The van der Waals surface area contributed by atoms with Crippen LogP contribution in [-0.4, -0.2) is 15.7 Å². The highest BCUT2D eigenvalue weighted by atomic mass is 19.1. The predicted octanol–water partition coefficient (Wildman–Crippen LogP) is 3.90. The van der Waals surface area contributed by atoms with Crippen molar-refractivity contribution >= 4 is 11.7 Å². The quantitative estimate of drug-likeness (QED) is 0.704. The molecule has 0 aliphatic carbocycles. The second-order valence-electron chi connectivity index (χ2n) is 5.93. The van der Waals surface area contributed by atoms with E-state index in [2.05, 4.69) is 10.4 Å². The van der Waals surface area contributed by atoms with E-state index in [0.29, 0.717) is 11.6 Å². The summed E-state index contributed by atoms with van der Waals surface area (Å²) >= 11 is 0. The van der Waals surface area contributed by atoms with E-state index in [1.807, 2.05) is 0 Å². The molecule has 1 aromatic heterocycles. The third-order valence-corrected chi connectivity index (χ3v) is 4.29. The first-order valence-electron chi connectivity index (χ1n) is 7.72. The van der Waals surface area contributed by atoms with E-state index >= 15 is 0 Å². The highest BCUT2D eigenvalue weighted by Gasteiger charge is 2.32. The zero-order valence-electron chi connectivity index (χ0n) is 13.1. The molecule has 2 aromatic carbocycles. The van der Waals surface area contributed by atoms with Gasteiger partial charge in [0.05, 0.1) is 6.20 Å². The zero-order chi connectivity index (χ0) is 18.4. The van der Waals surface area contributed by atoms with Crippen molar-refractivity contribution in [3.63, 3.8) is 0 Å². The molecule has 1 aliphatic heterocycles. The van der Waals surface area contributed by atoms with E-state index in [9.17, 15) is 22.4 Å². The molecule has 1 aliphatic rings. The number of hydrogen-bond donors (Lipinski definition) is 1. The van der Waals surface area contributed by atoms with Crippen LogP contribution in [-0.2, 0) is 4.79 Å². The van der Waals surface area contributed by atoms with E-state index in [0.717, 1.165) is 28.9 Å². The number of amides is 1. The number of carbonyl (C=O) groups is 1. The number of fused-ring (bicyclic) bond motifs is 1. The molecule has 4 nitrogen and oxygen atoms in total. The summed E-state index contributed by atoms with van der Waals surface area (Å²) in [4.78, 5) is 12.1. The molecule has 0 saturated heterocycles. The van der Waals surface area contributed by atoms with Gasteiger partial charge in [0.15, 0.2) is 5.82 Å². The maximum atomic E-state index is 14.2. The minimum absolute atomic E-state index is 0.0141. The van der Waals surface area contributed by atoms with Crippen LogP contribution in [0.2, 0.25) is 0 Å². The summed E-state index contributed by atoms with van der Waals surface area (Å²) < 4.78 is 56.1. The summed E-state index contributed by atoms with van der Waals surface area (Å²) in [5.74, 6) is -3.99. The lowest BCUT2D eigenvalue weighted by molar-refractivity contribution is -0.116. The number of rotatable bonds is 2. The normalized spacial score (nSPS) is 16.3. The van der Waals surface area contributed by atoms with Gasteiger partial charge in [0.25, 0.3) is 0 Å². The summed E-state index contributed by atoms with van der Waals surface area (Å²) in [7, 11) is 0. The molecule has 2 heterocycles. The zero-order valence-corrected chi connectivity index (χ0v) is 13.1. The minimum Gasteiger partial charge on any atom is -0.310 e. The van der Waals surface area contributed by atoms with Gasteiger partial charge in [0.2, 0.25) is 5.91 Å². The average Bonchev–Trinajstić information content (AvgIpc) is 3.00. The lowest BCUT2D eigenvalue weighted by Crippen LogP contribution is -2.25. The van der Waals surface area contributed by atoms with Crippen molar-refractivity contribution in [3.05, 3.63) is 77.0 Å². The van der Waals surface area contributed by atoms with Crippen molar-refractivity contribution in [3.8, 4) is 5.69 Å². The molecule has 4 rings (SSSR count). The Morgan fingerprint density at radius 2 is 1.69 bits per heavy atom. The molecular formula is C18H11F4N3O. The lowest BCUT2D eigenvalue weighted by atomic mass is 9.87. The van der Waals surface area contributed by atoms with Gasteiger partial charge in [-0.05, 0) is 35.9 Å². The van der Waals surface area contributed by atoms with Crippen molar-refractivity contribution < 1.29 is 22.4 Å². The Bertz CT molecular complexity index is 1030. The Morgan fingerprint density at radius 1 is 0.962 bits per heavy atom. The highest BCUT2D eigenvalue weighted by Crippen LogP contribution is 2.39. The summed E-state index contributed by atoms with van der Waals surface area (Å²) in [5.41, 5.74) is 0.353. The molecule has 0 radical (unpaired) electrons. The van der Waals surface area contributed by atoms with E-state index in [1.54, 1.807) is 0 Å². The fraction of sp³-hybridized carbons (Fsp3) is 0.111. The Balaban J connectivity index is 1.86. The first kappa shape index (κ1) is 16.3. The number of benzene rings is 2. The van der Waals surface area contributed by atoms with Crippen LogP contribution in [0.4, 0.5) is 23.4 Å². The molecule has 0 bridgehead atoms. The van der Waals surface area contributed by atoms with Gasteiger partial charge in [-0.2, -0.15) is 5.10 Å². The standard InChI is InChI=1S/C18H11F4N3O/c19-9-1-3-14(21)12(5-9)11-7-17(26)24-18-13(11)8-23-25(18)16-4-2-10(20)6-15(16)22/h1-6,8,11H,7H2,(H,24,26). The number of anilines is 1. The molecule has 1 atom stereocenters. The molecule has 1 amide bonds. The van der Waals surface area contributed by atoms with E-state index in [-0.39, 0.29) is 23.5 Å². The van der Waals surface area contributed by atoms with Gasteiger partial charge in [0, 0.05) is 24.0 Å². The molecule has 1 unspecified atom stereocenters. The molecule has 132 valence electrons. The van der Waals surface area contributed by atoms with Crippen molar-refractivity contribution in [1.82, 2.24) is 9.78 Å². The van der Waals surface area contributed by atoms with Gasteiger partial charge in [-0.3, -0.25) is 4.79 Å². The molecule has 8 heteroatoms. The molecule has 0 saturated carbocycles. The van der Waals surface area contributed by atoms with Crippen LogP contribution in [0.25, 0.3) is 5.69 Å². The van der Waals surface area contributed by atoms with Gasteiger partial charge < -0.3 is 5.32 Å². The van der Waals surface area contributed by atoms with Crippen LogP contribution in [0.5, 0.6) is 0 Å². The van der Waals surface area contributed by atoms with Gasteiger partial charge >= 0.3 is 0 Å². The van der Waals surface area contributed by atoms with Crippen LogP contribution in [0.3, 0.4) is 0 Å². The van der Waals surface area contributed by atoms with E-state index < -0.39 is 35.1 Å². The monoisotopic (exact) mass is 361 g/mol. The van der Waals surface area contributed by atoms with Crippen molar-refractivity contribution in [1.29, 1.82) is 0 Å². The fourth-order valence-electron chi connectivity index (χ4n) is 3.11. The van der Waals surface area contributed by atoms with Crippen molar-refractivity contribution in [2.75, 3.05) is 5.32 Å². The van der Waals surface area contributed by atoms with E-state index in [4.69, 9.17) is 0 Å². The van der Waals surface area contributed by atoms with Crippen molar-refractivity contribution in [2.24, 2.45) is 0 Å². The lowest BCUT2D eigenvalue weighted by Gasteiger charge is -2.24. The molecule has 26 heavy (non-hydrogen) atoms. The number of hydrogen-bond acceptors (Lipinski definition) is 2. The minimum atomic E-state index is -0.871. The largest absolute Gasteiger partial charge is 0.310 e. The summed E-state index contributed by atoms with van der Waals surface area (Å²) in [6.07, 6.45) is 1.25. The van der Waals surface area contributed by atoms with Crippen LogP contribution >= 0.6 is 0 Å². The third-order valence-electron chi connectivity index (χ3n) is 4.29. The Labute approximate surface area is 145 Å². The highest BCUT2D eigenvalue weighted by molar-refractivity contribution is 5.94. The summed E-state index contributed by atoms with van der Waals surface area (Å²) in [6, 6.07) is 5.92. The van der Waals surface area contributed by atoms with Crippen molar-refractivity contribution in [2.45, 2.75) is 12.3 Å². The topological polar surface area (TPSA) is 46.9 Å². The second kappa shape index (κ2) is 5.98. The van der Waals surface area contributed by atoms with Gasteiger partial charge in [0.1, 0.15) is 29.0 Å². The number of halogens is 4. The maximum Gasteiger partial charge on any atom is 0.226 e. The number of nitrogens with one attached hydrogen (secondary N) is 1. The molecule has 0 spiro atoms. The SMILES string of the molecule is O=C1CC(c2cc(F)ccc2F)c2cnn(-c3ccc(F)cc3F)c2N1. The summed E-state index contributed by atoms with van der Waals surface area (Å²) in [6.45, 7) is 0. The first-order valence-corrected chi connectivity index (χ1v) is 7.72. The summed E-state index contributed by atoms with van der Waals surface area (Å²) in [5, 5.41) is 6.61. The number of carbonyl (C=O) groups excluding carboxylic acids is 1. The number of aromatic nitrogens is 2. The fourth-order valence-corrected chi connectivity index (χ4v) is 3.11. The van der Waals surface area contributed by atoms with Crippen LogP contribution in [0.1, 0.15) is 23.5 Å². The molecule has 1 N–H and O–H groups in total. The average molecular weight is 361 g/mol. The Morgan fingerprint density at radius 3 is 2.46 bits per heavy atom. The maximum absolute atomic E-state index is 14.2. The van der Waals surface area contributed by atoms with Crippen LogP contribution in [0.15, 0.2) is 42.6 Å². The van der Waals surface area contributed by atoms with Gasteiger partial charge in [-0.25, -0.2) is 22.2 Å². The van der Waals surface area contributed by atoms with Crippen LogP contribution < -0.4 is 5.32 Å². The van der Waals surface area contributed by atoms with E-state index in [1.165, 1.54) is 12.3 Å². The Kier molecular flexibility index (Phi) is 3.75. The molecule has 3 aromatic rings. The second-order valence-corrected chi connectivity index (χ2v) is 5.93. The smallest absolute Gasteiger partial charge is 0.226 e. The molecular weight excluding hydrogens is 350 g/mol.